The van der Waals surface area contributed by atoms with E-state index >= 15 is 0 Å². The molecular formula is C17H24N6O3. The monoisotopic (exact) mass is 360 g/mol. The molecule has 3 rings (SSSR count). The number of nitrogens with zero attached hydrogens (tertiary/aromatic N) is 4. The van der Waals surface area contributed by atoms with Crippen molar-refractivity contribution < 1.29 is 14.4 Å². The van der Waals surface area contributed by atoms with Crippen LogP contribution in [0.5, 0.6) is 0 Å². The van der Waals surface area contributed by atoms with Crippen LogP contribution < -0.4 is 11.1 Å². The third-order valence-electron chi connectivity index (χ3n) is 5.01. The maximum atomic E-state index is 12.6. The van der Waals surface area contributed by atoms with Gasteiger partial charge in [-0.3, -0.25) is 14.4 Å². The van der Waals surface area contributed by atoms with Gasteiger partial charge in [0.25, 0.3) is 5.91 Å². The number of piperidine rings is 1. The largest absolute Gasteiger partial charge is 0.368 e. The Balaban J connectivity index is 1.50. The average molecular weight is 360 g/mol. The highest BCUT2D eigenvalue weighted by Gasteiger charge is 2.33. The van der Waals surface area contributed by atoms with Crippen LogP contribution >= 0.6 is 0 Å². The molecule has 2 unspecified atom stereocenters. The van der Waals surface area contributed by atoms with Crippen LogP contribution in [0.3, 0.4) is 0 Å². The van der Waals surface area contributed by atoms with Gasteiger partial charge in [0.05, 0.1) is 11.5 Å². The first-order chi connectivity index (χ1) is 12.4. The van der Waals surface area contributed by atoms with Gasteiger partial charge in [-0.15, -0.1) is 0 Å². The number of nitrogens with two attached hydrogens (primary N) is 1. The highest BCUT2D eigenvalue weighted by Crippen LogP contribution is 2.22. The molecule has 3 amide bonds. The van der Waals surface area contributed by atoms with E-state index in [-0.39, 0.29) is 35.5 Å². The topological polar surface area (TPSA) is 122 Å². The average Bonchev–Trinajstić information content (AvgIpc) is 3.10. The lowest BCUT2D eigenvalue weighted by atomic mass is 9.98. The van der Waals surface area contributed by atoms with E-state index in [1.807, 2.05) is 4.90 Å². The fraction of sp³-hybridized carbons (Fsp3) is 0.588. The van der Waals surface area contributed by atoms with Crippen LogP contribution in [-0.2, 0) is 9.59 Å². The molecule has 140 valence electrons. The standard InChI is InChI=1S/C17H24N6O3/c1-22(15(25)13-7-20-17(18)21-8-13)9-11-4-5-23(10-11)16(26)12-2-3-14(24)19-6-12/h7-8,11-12H,2-6,9-10H2,1H3,(H,19,24)(H2,18,20,21). The molecule has 1 aromatic rings. The lowest BCUT2D eigenvalue weighted by Gasteiger charge is -2.27. The molecule has 2 atom stereocenters. The number of nitrogens with one attached hydrogen (secondary N) is 1. The molecule has 0 saturated carbocycles. The predicted octanol–water partition coefficient (Wildman–Crippen LogP) is -0.494. The second kappa shape index (κ2) is 7.67. The zero-order chi connectivity index (χ0) is 18.7. The first-order valence-corrected chi connectivity index (χ1v) is 8.82. The zero-order valence-electron chi connectivity index (χ0n) is 14.9. The van der Waals surface area contributed by atoms with Gasteiger partial charge in [-0.05, 0) is 18.8 Å². The van der Waals surface area contributed by atoms with Gasteiger partial charge in [0.2, 0.25) is 17.8 Å². The Morgan fingerprint density at radius 3 is 2.73 bits per heavy atom. The first-order valence-electron chi connectivity index (χ1n) is 8.82. The van der Waals surface area contributed by atoms with Crippen molar-refractivity contribution in [1.29, 1.82) is 0 Å². The fourth-order valence-electron chi connectivity index (χ4n) is 3.52. The van der Waals surface area contributed by atoms with Gasteiger partial charge in [0, 0.05) is 52.0 Å². The second-order valence-corrected chi connectivity index (χ2v) is 6.99. The van der Waals surface area contributed by atoms with Crippen molar-refractivity contribution in [1.82, 2.24) is 25.1 Å². The number of likely N-dealkylation sites (tertiary alicyclic amines) is 1. The third kappa shape index (κ3) is 4.09. The molecule has 2 aliphatic heterocycles. The van der Waals surface area contributed by atoms with E-state index in [2.05, 4.69) is 15.3 Å². The number of aromatic nitrogens is 2. The van der Waals surface area contributed by atoms with Crippen molar-refractivity contribution in [3.8, 4) is 0 Å². The van der Waals surface area contributed by atoms with Gasteiger partial charge in [0.1, 0.15) is 0 Å². The minimum Gasteiger partial charge on any atom is -0.368 e. The lowest BCUT2D eigenvalue weighted by Crippen LogP contribution is -2.44. The Hall–Kier alpha value is -2.71. The number of hydrogen-bond donors (Lipinski definition) is 2. The Kier molecular flexibility index (Phi) is 5.34. The fourth-order valence-corrected chi connectivity index (χ4v) is 3.52. The van der Waals surface area contributed by atoms with Gasteiger partial charge in [-0.25, -0.2) is 9.97 Å². The zero-order valence-corrected chi connectivity index (χ0v) is 14.9. The Labute approximate surface area is 151 Å². The van der Waals surface area contributed by atoms with E-state index in [0.717, 1.165) is 6.42 Å². The molecule has 3 heterocycles. The lowest BCUT2D eigenvalue weighted by molar-refractivity contribution is -0.136. The SMILES string of the molecule is CN(CC1CCN(C(=O)C2CCC(=O)NC2)C1)C(=O)c1cnc(N)nc1. The Morgan fingerprint density at radius 2 is 2.08 bits per heavy atom. The maximum absolute atomic E-state index is 12.6. The molecule has 2 fully saturated rings. The Bertz CT molecular complexity index is 682. The molecule has 0 aliphatic carbocycles. The quantitative estimate of drug-likeness (QED) is 0.747. The summed E-state index contributed by atoms with van der Waals surface area (Å²) in [6.45, 7) is 2.32. The number of hydrogen-bond acceptors (Lipinski definition) is 6. The van der Waals surface area contributed by atoms with E-state index in [1.165, 1.54) is 12.4 Å². The number of rotatable bonds is 4. The van der Waals surface area contributed by atoms with E-state index in [1.54, 1.807) is 11.9 Å². The number of nitrogen functional groups attached to an aromatic ring is 1. The van der Waals surface area contributed by atoms with Crippen LogP contribution in [0.1, 0.15) is 29.6 Å². The van der Waals surface area contributed by atoms with Crippen molar-refractivity contribution in [2.24, 2.45) is 11.8 Å². The van der Waals surface area contributed by atoms with E-state index in [4.69, 9.17) is 5.73 Å². The minimum absolute atomic E-state index is 0.0140. The van der Waals surface area contributed by atoms with E-state index in [0.29, 0.717) is 44.6 Å². The summed E-state index contributed by atoms with van der Waals surface area (Å²) in [7, 11) is 1.74. The summed E-state index contributed by atoms with van der Waals surface area (Å²) >= 11 is 0. The van der Waals surface area contributed by atoms with Crippen molar-refractivity contribution in [2.45, 2.75) is 19.3 Å². The molecule has 9 nitrogen and oxygen atoms in total. The number of amides is 3. The molecule has 0 radical (unpaired) electrons. The minimum atomic E-state index is -0.162. The molecule has 9 heteroatoms. The molecule has 3 N–H and O–H groups in total. The van der Waals surface area contributed by atoms with Gasteiger partial charge < -0.3 is 20.9 Å². The van der Waals surface area contributed by atoms with Crippen LogP contribution in [0.25, 0.3) is 0 Å². The van der Waals surface area contributed by atoms with Gasteiger partial charge in [0.15, 0.2) is 0 Å². The van der Waals surface area contributed by atoms with Crippen molar-refractivity contribution >= 4 is 23.7 Å². The number of anilines is 1. The molecule has 0 bridgehead atoms. The summed E-state index contributed by atoms with van der Waals surface area (Å²) in [4.78, 5) is 47.4. The number of carbonyl (C=O) groups excluding carboxylic acids is 3. The third-order valence-corrected chi connectivity index (χ3v) is 5.01. The van der Waals surface area contributed by atoms with Crippen LogP contribution in [0, 0.1) is 11.8 Å². The summed E-state index contributed by atoms with van der Waals surface area (Å²) in [5.74, 6) is 0.199. The summed E-state index contributed by atoms with van der Waals surface area (Å²) in [6, 6.07) is 0. The molecule has 1 aromatic heterocycles. The van der Waals surface area contributed by atoms with Crippen molar-refractivity contribution in [3.63, 3.8) is 0 Å². The highest BCUT2D eigenvalue weighted by atomic mass is 16.2. The van der Waals surface area contributed by atoms with Gasteiger partial charge >= 0.3 is 0 Å². The molecule has 2 aliphatic rings. The second-order valence-electron chi connectivity index (χ2n) is 6.99. The molecule has 26 heavy (non-hydrogen) atoms. The van der Waals surface area contributed by atoms with E-state index in [9.17, 15) is 14.4 Å². The first kappa shape index (κ1) is 18.1. The predicted molar refractivity (Wildman–Crippen MR) is 93.8 cm³/mol. The molecule has 0 aromatic carbocycles. The normalized spacial score (nSPS) is 22.8. The highest BCUT2D eigenvalue weighted by molar-refractivity contribution is 5.93. The van der Waals surface area contributed by atoms with Crippen LogP contribution in [0.2, 0.25) is 0 Å². The van der Waals surface area contributed by atoms with Crippen LogP contribution in [-0.4, -0.2) is 70.7 Å². The summed E-state index contributed by atoms with van der Waals surface area (Å²) < 4.78 is 0. The van der Waals surface area contributed by atoms with Gasteiger partial charge in [-0.2, -0.15) is 0 Å². The van der Waals surface area contributed by atoms with Crippen molar-refractivity contribution in [3.05, 3.63) is 18.0 Å². The smallest absolute Gasteiger partial charge is 0.256 e. The number of carbonyl (C=O) groups is 3. The summed E-state index contributed by atoms with van der Waals surface area (Å²) in [6.07, 6.45) is 4.72. The Morgan fingerprint density at radius 1 is 1.35 bits per heavy atom. The van der Waals surface area contributed by atoms with Crippen LogP contribution in [0.4, 0.5) is 5.95 Å². The van der Waals surface area contributed by atoms with Crippen LogP contribution in [0.15, 0.2) is 12.4 Å². The maximum Gasteiger partial charge on any atom is 0.256 e. The molecule has 0 spiro atoms. The summed E-state index contributed by atoms with van der Waals surface area (Å²) in [5.41, 5.74) is 5.83. The summed E-state index contributed by atoms with van der Waals surface area (Å²) in [5, 5.41) is 2.76. The van der Waals surface area contributed by atoms with Gasteiger partial charge in [-0.1, -0.05) is 0 Å². The van der Waals surface area contributed by atoms with E-state index < -0.39 is 0 Å². The van der Waals surface area contributed by atoms with Crippen molar-refractivity contribution in [2.75, 3.05) is 39.0 Å². The molecule has 2 saturated heterocycles. The molecular weight excluding hydrogens is 336 g/mol.